The molecule has 0 aromatic carbocycles. The summed E-state index contributed by atoms with van der Waals surface area (Å²) in [6.45, 7) is 0.292. The van der Waals surface area contributed by atoms with Crippen molar-refractivity contribution in [3.63, 3.8) is 0 Å². The zero-order valence-corrected chi connectivity index (χ0v) is 10.9. The fourth-order valence-corrected chi connectivity index (χ4v) is 3.10. The predicted octanol–water partition coefficient (Wildman–Crippen LogP) is 1.41. The van der Waals surface area contributed by atoms with Gasteiger partial charge in [0.2, 0.25) is 11.8 Å². The number of carbonyl (C=O) groups is 2. The molecule has 2 amide bonds. The SMILES string of the molecule is CNc1ccnc(CN2C(=O)C3CCCC3C2=O)c1. The summed E-state index contributed by atoms with van der Waals surface area (Å²) in [7, 11) is 1.83. The molecule has 5 nitrogen and oxygen atoms in total. The minimum Gasteiger partial charge on any atom is -0.388 e. The largest absolute Gasteiger partial charge is 0.388 e. The molecule has 1 aliphatic heterocycles. The normalized spacial score (nSPS) is 25.8. The van der Waals surface area contributed by atoms with Gasteiger partial charge in [0.25, 0.3) is 0 Å². The Morgan fingerprint density at radius 3 is 2.63 bits per heavy atom. The van der Waals surface area contributed by atoms with Crippen molar-refractivity contribution >= 4 is 17.5 Å². The van der Waals surface area contributed by atoms with E-state index in [2.05, 4.69) is 10.3 Å². The Hall–Kier alpha value is -1.91. The van der Waals surface area contributed by atoms with Gasteiger partial charge in [0.05, 0.1) is 24.1 Å². The number of anilines is 1. The number of pyridine rings is 1. The molecule has 0 spiro atoms. The molecule has 5 heteroatoms. The van der Waals surface area contributed by atoms with E-state index in [1.165, 1.54) is 4.90 Å². The van der Waals surface area contributed by atoms with Gasteiger partial charge in [-0.3, -0.25) is 19.5 Å². The van der Waals surface area contributed by atoms with E-state index < -0.39 is 0 Å². The molecule has 1 saturated heterocycles. The Kier molecular flexibility index (Phi) is 2.97. The molecular formula is C14H17N3O2. The lowest BCUT2D eigenvalue weighted by atomic mass is 10.00. The molecule has 2 fully saturated rings. The van der Waals surface area contributed by atoms with Crippen LogP contribution >= 0.6 is 0 Å². The molecule has 0 bridgehead atoms. The monoisotopic (exact) mass is 259 g/mol. The van der Waals surface area contributed by atoms with Gasteiger partial charge in [-0.1, -0.05) is 6.42 Å². The van der Waals surface area contributed by atoms with Crippen molar-refractivity contribution in [2.45, 2.75) is 25.8 Å². The van der Waals surface area contributed by atoms with Crippen LogP contribution in [0.4, 0.5) is 5.69 Å². The van der Waals surface area contributed by atoms with Gasteiger partial charge in [-0.2, -0.15) is 0 Å². The molecule has 3 rings (SSSR count). The number of carbonyl (C=O) groups excluding carboxylic acids is 2. The Morgan fingerprint density at radius 2 is 2.00 bits per heavy atom. The number of nitrogens with one attached hydrogen (secondary N) is 1. The summed E-state index contributed by atoms with van der Waals surface area (Å²) < 4.78 is 0. The highest BCUT2D eigenvalue weighted by Crippen LogP contribution is 2.40. The standard InChI is InChI=1S/C14H17N3O2/c1-15-9-5-6-16-10(7-9)8-17-13(18)11-3-2-4-12(11)14(17)19/h5-7,11-12H,2-4,8H2,1H3,(H,15,16). The van der Waals surface area contributed by atoms with Crippen LogP contribution in [0.1, 0.15) is 25.0 Å². The number of nitrogens with zero attached hydrogens (tertiary/aromatic N) is 2. The van der Waals surface area contributed by atoms with E-state index in [1.807, 2.05) is 19.2 Å². The Bertz CT molecular complexity index is 507. The molecule has 2 atom stereocenters. The average Bonchev–Trinajstić information content (AvgIpc) is 2.99. The van der Waals surface area contributed by atoms with E-state index in [9.17, 15) is 9.59 Å². The molecule has 1 aliphatic carbocycles. The van der Waals surface area contributed by atoms with Gasteiger partial charge in [-0.25, -0.2) is 0 Å². The minimum absolute atomic E-state index is 0.0100. The molecule has 0 radical (unpaired) electrons. The van der Waals surface area contributed by atoms with E-state index in [-0.39, 0.29) is 23.7 Å². The van der Waals surface area contributed by atoms with Crippen LogP contribution in [-0.4, -0.2) is 28.7 Å². The van der Waals surface area contributed by atoms with Gasteiger partial charge >= 0.3 is 0 Å². The van der Waals surface area contributed by atoms with Crippen LogP contribution in [0.3, 0.4) is 0 Å². The Labute approximate surface area is 112 Å². The van der Waals surface area contributed by atoms with Gasteiger partial charge in [0.1, 0.15) is 0 Å². The lowest BCUT2D eigenvalue weighted by Crippen LogP contribution is -2.31. The summed E-state index contributed by atoms with van der Waals surface area (Å²) in [6.07, 6.45) is 4.40. The van der Waals surface area contributed by atoms with Crippen LogP contribution in [0.5, 0.6) is 0 Å². The van der Waals surface area contributed by atoms with Gasteiger partial charge in [-0.15, -0.1) is 0 Å². The maximum absolute atomic E-state index is 12.2. The molecule has 100 valence electrons. The van der Waals surface area contributed by atoms with Gasteiger partial charge < -0.3 is 5.32 Å². The average molecular weight is 259 g/mol. The number of fused-ring (bicyclic) bond motifs is 1. The predicted molar refractivity (Wildman–Crippen MR) is 70.2 cm³/mol. The summed E-state index contributed by atoms with van der Waals surface area (Å²) in [5.41, 5.74) is 1.68. The van der Waals surface area contributed by atoms with Crippen molar-refractivity contribution in [3.8, 4) is 0 Å². The maximum atomic E-state index is 12.2. The Balaban J connectivity index is 1.79. The summed E-state index contributed by atoms with van der Waals surface area (Å²) >= 11 is 0. The number of aromatic nitrogens is 1. The summed E-state index contributed by atoms with van der Waals surface area (Å²) in [5.74, 6) is -0.159. The molecule has 2 unspecified atom stereocenters. The fraction of sp³-hybridized carbons (Fsp3) is 0.500. The number of amides is 2. The van der Waals surface area contributed by atoms with E-state index in [0.717, 1.165) is 30.6 Å². The van der Waals surface area contributed by atoms with Crippen molar-refractivity contribution in [3.05, 3.63) is 24.0 Å². The smallest absolute Gasteiger partial charge is 0.233 e. The maximum Gasteiger partial charge on any atom is 0.233 e. The van der Waals surface area contributed by atoms with Crippen molar-refractivity contribution in [2.24, 2.45) is 11.8 Å². The molecular weight excluding hydrogens is 242 g/mol. The molecule has 2 heterocycles. The highest BCUT2D eigenvalue weighted by atomic mass is 16.2. The number of hydrogen-bond donors (Lipinski definition) is 1. The van der Waals surface area contributed by atoms with Crippen LogP contribution in [0.2, 0.25) is 0 Å². The second-order valence-electron chi connectivity index (χ2n) is 5.19. The van der Waals surface area contributed by atoms with Crippen LogP contribution < -0.4 is 5.32 Å². The summed E-state index contributed by atoms with van der Waals surface area (Å²) in [5, 5.41) is 3.03. The topological polar surface area (TPSA) is 62.3 Å². The first-order valence-electron chi connectivity index (χ1n) is 6.68. The zero-order chi connectivity index (χ0) is 13.4. The van der Waals surface area contributed by atoms with E-state index >= 15 is 0 Å². The van der Waals surface area contributed by atoms with Crippen LogP contribution in [0, 0.1) is 11.8 Å². The first-order chi connectivity index (χ1) is 9.20. The van der Waals surface area contributed by atoms with Gasteiger partial charge in [0.15, 0.2) is 0 Å². The highest BCUT2D eigenvalue weighted by Gasteiger charge is 2.49. The Morgan fingerprint density at radius 1 is 1.32 bits per heavy atom. The number of hydrogen-bond acceptors (Lipinski definition) is 4. The third kappa shape index (κ3) is 1.99. The number of rotatable bonds is 3. The molecule has 1 saturated carbocycles. The van der Waals surface area contributed by atoms with E-state index in [0.29, 0.717) is 6.54 Å². The second kappa shape index (κ2) is 4.64. The third-order valence-electron chi connectivity index (χ3n) is 4.11. The van der Waals surface area contributed by atoms with Crippen molar-refractivity contribution in [1.82, 2.24) is 9.88 Å². The molecule has 2 aliphatic rings. The van der Waals surface area contributed by atoms with E-state index in [4.69, 9.17) is 0 Å². The van der Waals surface area contributed by atoms with E-state index in [1.54, 1.807) is 6.20 Å². The zero-order valence-electron chi connectivity index (χ0n) is 10.9. The molecule has 1 aromatic rings. The van der Waals surface area contributed by atoms with Gasteiger partial charge in [0, 0.05) is 18.9 Å². The van der Waals surface area contributed by atoms with Crippen LogP contribution in [0.25, 0.3) is 0 Å². The van der Waals surface area contributed by atoms with Crippen molar-refractivity contribution < 1.29 is 9.59 Å². The van der Waals surface area contributed by atoms with Gasteiger partial charge in [-0.05, 0) is 25.0 Å². The lowest BCUT2D eigenvalue weighted by Gasteiger charge is -2.15. The minimum atomic E-state index is -0.0695. The lowest BCUT2D eigenvalue weighted by molar-refractivity contribution is -0.141. The first-order valence-corrected chi connectivity index (χ1v) is 6.68. The second-order valence-corrected chi connectivity index (χ2v) is 5.19. The quantitative estimate of drug-likeness (QED) is 0.834. The summed E-state index contributed by atoms with van der Waals surface area (Å²) in [4.78, 5) is 30.0. The molecule has 1 N–H and O–H groups in total. The fourth-order valence-electron chi connectivity index (χ4n) is 3.10. The third-order valence-corrected chi connectivity index (χ3v) is 4.11. The summed E-state index contributed by atoms with van der Waals surface area (Å²) in [6, 6.07) is 3.72. The number of imide groups is 1. The molecule has 19 heavy (non-hydrogen) atoms. The van der Waals surface area contributed by atoms with Crippen LogP contribution in [-0.2, 0) is 16.1 Å². The number of likely N-dealkylation sites (tertiary alicyclic amines) is 1. The highest BCUT2D eigenvalue weighted by molar-refractivity contribution is 6.05. The first kappa shape index (κ1) is 12.1. The van der Waals surface area contributed by atoms with Crippen molar-refractivity contribution in [2.75, 3.05) is 12.4 Å². The van der Waals surface area contributed by atoms with Crippen LogP contribution in [0.15, 0.2) is 18.3 Å². The molecule has 1 aromatic heterocycles. The van der Waals surface area contributed by atoms with Crippen molar-refractivity contribution in [1.29, 1.82) is 0 Å².